The quantitative estimate of drug-likeness (QED) is 0.201. The minimum absolute atomic E-state index is 0.112. The number of hydrogen-bond donors (Lipinski definition) is 1. The van der Waals surface area contributed by atoms with Gasteiger partial charge in [-0.05, 0) is 45.4 Å². The Hall–Kier alpha value is -1.96. The van der Waals surface area contributed by atoms with E-state index in [-0.39, 0.29) is 38.6 Å². The second kappa shape index (κ2) is 15.6. The lowest BCUT2D eigenvalue weighted by atomic mass is 10.2. The van der Waals surface area contributed by atoms with Crippen LogP contribution in [0.15, 0.2) is 0 Å². The van der Waals surface area contributed by atoms with Gasteiger partial charge in [0.2, 0.25) is 0 Å². The van der Waals surface area contributed by atoms with Crippen molar-refractivity contribution >= 4 is 23.7 Å². The van der Waals surface area contributed by atoms with Crippen molar-refractivity contribution in [3.63, 3.8) is 0 Å². The van der Waals surface area contributed by atoms with Crippen molar-refractivity contribution in [3.8, 4) is 0 Å². The lowest BCUT2D eigenvalue weighted by Gasteiger charge is -2.06. The van der Waals surface area contributed by atoms with Crippen LogP contribution in [0.3, 0.4) is 0 Å². The number of Topliss-reactive ketones (excluding diaryl/α,β-unsaturated/α-hetero) is 1. The Morgan fingerprint density at radius 2 is 1.04 bits per heavy atom. The first-order valence-corrected chi connectivity index (χ1v) is 8.53. The summed E-state index contributed by atoms with van der Waals surface area (Å²) in [6, 6.07) is 0. The lowest BCUT2D eigenvalue weighted by Crippen LogP contribution is -2.15. The Bertz CT molecular complexity index is 419. The molecule has 0 saturated heterocycles. The summed E-state index contributed by atoms with van der Waals surface area (Å²) >= 11 is 0. The molecule has 0 bridgehead atoms. The van der Waals surface area contributed by atoms with Crippen molar-refractivity contribution in [2.24, 2.45) is 0 Å². The molecule has 8 heteroatoms. The topological polar surface area (TPSA) is 116 Å². The number of ether oxygens (including phenoxy) is 3. The van der Waals surface area contributed by atoms with Crippen LogP contribution >= 0.6 is 0 Å². The zero-order chi connectivity index (χ0) is 18.9. The first kappa shape index (κ1) is 23.0. The highest BCUT2D eigenvalue weighted by molar-refractivity contribution is 5.94. The molecule has 0 aliphatic carbocycles. The summed E-state index contributed by atoms with van der Waals surface area (Å²) in [5, 5.41) is 8.60. The number of rotatable bonds is 15. The fraction of sp³-hybridized carbons (Fsp3) is 0.765. The fourth-order valence-electron chi connectivity index (χ4n) is 1.80. The molecular formula is C17H28O8. The molecule has 0 aromatic heterocycles. The molecule has 0 aliphatic heterocycles. The van der Waals surface area contributed by atoms with E-state index in [1.807, 2.05) is 0 Å². The van der Waals surface area contributed by atoms with E-state index < -0.39 is 24.3 Å². The summed E-state index contributed by atoms with van der Waals surface area (Å²) in [7, 11) is 0. The van der Waals surface area contributed by atoms with Crippen molar-refractivity contribution in [1.29, 1.82) is 0 Å². The molecule has 144 valence electrons. The van der Waals surface area contributed by atoms with E-state index in [1.54, 1.807) is 0 Å². The molecule has 1 N–H and O–H groups in total. The fourth-order valence-corrected chi connectivity index (χ4v) is 1.80. The van der Waals surface area contributed by atoms with Gasteiger partial charge in [-0.25, -0.2) is 0 Å². The van der Waals surface area contributed by atoms with E-state index >= 15 is 0 Å². The average Bonchev–Trinajstić information content (AvgIpc) is 2.53. The average molecular weight is 360 g/mol. The Labute approximate surface area is 147 Å². The van der Waals surface area contributed by atoms with Crippen LogP contribution in [0.5, 0.6) is 0 Å². The molecule has 0 heterocycles. The zero-order valence-electron chi connectivity index (χ0n) is 14.8. The van der Waals surface area contributed by atoms with Crippen LogP contribution in [0.25, 0.3) is 0 Å². The van der Waals surface area contributed by atoms with Gasteiger partial charge in [-0.2, -0.15) is 0 Å². The van der Waals surface area contributed by atoms with Crippen LogP contribution in [0.4, 0.5) is 0 Å². The van der Waals surface area contributed by atoms with Crippen LogP contribution in [-0.4, -0.2) is 55.2 Å². The molecule has 0 aromatic carbocycles. The summed E-state index contributed by atoms with van der Waals surface area (Å²) in [5.74, 6) is -2.02. The van der Waals surface area contributed by atoms with Crippen LogP contribution in [0.2, 0.25) is 0 Å². The number of carbonyl (C=O) groups is 4. The van der Waals surface area contributed by atoms with Crippen molar-refractivity contribution in [3.05, 3.63) is 0 Å². The van der Waals surface area contributed by atoms with Gasteiger partial charge in [0, 0.05) is 6.61 Å². The predicted octanol–water partition coefficient (Wildman–Crippen LogP) is 1.32. The monoisotopic (exact) mass is 360 g/mol. The smallest absolute Gasteiger partial charge is 0.317 e. The number of esters is 3. The Morgan fingerprint density at radius 3 is 1.44 bits per heavy atom. The van der Waals surface area contributed by atoms with Gasteiger partial charge in [-0.15, -0.1) is 0 Å². The maximum Gasteiger partial charge on any atom is 0.317 e. The highest BCUT2D eigenvalue weighted by Gasteiger charge is 2.11. The second-order valence-corrected chi connectivity index (χ2v) is 5.56. The van der Waals surface area contributed by atoms with E-state index in [1.165, 1.54) is 6.92 Å². The molecule has 0 atom stereocenters. The van der Waals surface area contributed by atoms with Gasteiger partial charge in [0.25, 0.3) is 0 Å². The van der Waals surface area contributed by atoms with Crippen LogP contribution in [-0.2, 0) is 33.4 Å². The normalized spacial score (nSPS) is 10.2. The second-order valence-electron chi connectivity index (χ2n) is 5.56. The third kappa shape index (κ3) is 16.7. The predicted molar refractivity (Wildman–Crippen MR) is 87.6 cm³/mol. The Kier molecular flexibility index (Phi) is 14.3. The molecule has 8 nitrogen and oxygen atoms in total. The molecule has 0 rings (SSSR count). The van der Waals surface area contributed by atoms with Gasteiger partial charge in [-0.3, -0.25) is 19.2 Å². The van der Waals surface area contributed by atoms with Gasteiger partial charge in [0.1, 0.15) is 18.6 Å². The minimum atomic E-state index is -0.631. The minimum Gasteiger partial charge on any atom is -0.465 e. The Morgan fingerprint density at radius 1 is 0.640 bits per heavy atom. The van der Waals surface area contributed by atoms with Crippen molar-refractivity contribution < 1.29 is 38.5 Å². The molecule has 0 radical (unpaired) electrons. The molecule has 0 saturated carbocycles. The molecule has 25 heavy (non-hydrogen) atoms. The third-order valence-corrected chi connectivity index (χ3v) is 3.06. The standard InChI is InChI=1S/C17H28O8/c1-14(19)12-15(20)23-10-6-3-7-11-25-17(22)13-16(21)24-9-5-2-4-8-18/h18H,2-13H2,1H3. The molecule has 0 spiro atoms. The largest absolute Gasteiger partial charge is 0.465 e. The van der Waals surface area contributed by atoms with Gasteiger partial charge < -0.3 is 19.3 Å². The molecule has 0 unspecified atom stereocenters. The van der Waals surface area contributed by atoms with Gasteiger partial charge in [0.15, 0.2) is 0 Å². The number of unbranched alkanes of at least 4 members (excludes halogenated alkanes) is 4. The summed E-state index contributed by atoms with van der Waals surface area (Å²) in [4.78, 5) is 44.5. The molecular weight excluding hydrogens is 332 g/mol. The van der Waals surface area contributed by atoms with E-state index in [0.29, 0.717) is 32.1 Å². The van der Waals surface area contributed by atoms with Gasteiger partial charge in [0.05, 0.1) is 19.8 Å². The first-order valence-electron chi connectivity index (χ1n) is 8.53. The summed E-state index contributed by atoms with van der Waals surface area (Å²) < 4.78 is 14.6. The highest BCUT2D eigenvalue weighted by atomic mass is 16.6. The Balaban J connectivity index is 3.47. The summed E-state index contributed by atoms with van der Waals surface area (Å²) in [6.07, 6.45) is 3.34. The van der Waals surface area contributed by atoms with E-state index in [2.05, 4.69) is 0 Å². The number of ketones is 1. The molecule has 0 aliphatic rings. The van der Waals surface area contributed by atoms with Crippen LogP contribution in [0.1, 0.15) is 58.3 Å². The highest BCUT2D eigenvalue weighted by Crippen LogP contribution is 2.01. The number of aliphatic hydroxyl groups excluding tert-OH is 1. The van der Waals surface area contributed by atoms with E-state index in [9.17, 15) is 19.2 Å². The first-order chi connectivity index (χ1) is 12.0. The number of aliphatic hydroxyl groups is 1. The zero-order valence-corrected chi connectivity index (χ0v) is 14.8. The van der Waals surface area contributed by atoms with Crippen LogP contribution in [0, 0.1) is 0 Å². The SMILES string of the molecule is CC(=O)CC(=O)OCCCCCOC(=O)CC(=O)OCCCCCO. The third-order valence-electron chi connectivity index (χ3n) is 3.06. The number of carbonyl (C=O) groups excluding carboxylic acids is 4. The van der Waals surface area contributed by atoms with E-state index in [0.717, 1.165) is 6.42 Å². The van der Waals surface area contributed by atoms with Crippen molar-refractivity contribution in [2.75, 3.05) is 26.4 Å². The van der Waals surface area contributed by atoms with Gasteiger partial charge >= 0.3 is 17.9 Å². The lowest BCUT2D eigenvalue weighted by molar-refractivity contribution is -0.154. The summed E-state index contributed by atoms with van der Waals surface area (Å²) in [6.45, 7) is 2.07. The summed E-state index contributed by atoms with van der Waals surface area (Å²) in [5.41, 5.74) is 0. The van der Waals surface area contributed by atoms with Crippen LogP contribution < -0.4 is 0 Å². The maximum atomic E-state index is 11.4. The molecule has 0 fully saturated rings. The van der Waals surface area contributed by atoms with Crippen molar-refractivity contribution in [2.45, 2.75) is 58.3 Å². The maximum absolute atomic E-state index is 11.4. The number of hydrogen-bond acceptors (Lipinski definition) is 8. The molecule has 0 aromatic rings. The van der Waals surface area contributed by atoms with E-state index in [4.69, 9.17) is 19.3 Å². The van der Waals surface area contributed by atoms with Gasteiger partial charge in [-0.1, -0.05) is 0 Å². The van der Waals surface area contributed by atoms with Crippen molar-refractivity contribution in [1.82, 2.24) is 0 Å². The molecule has 0 amide bonds.